The summed E-state index contributed by atoms with van der Waals surface area (Å²) in [6.07, 6.45) is 2.18. The monoisotopic (exact) mass is 795 g/mol. The average molecular weight is 796 g/mol. The number of hydrogen-bond donors (Lipinski definition) is 2. The largest absolute Gasteiger partial charge is 0.456 e. The van der Waals surface area contributed by atoms with Crippen molar-refractivity contribution in [1.82, 2.24) is 20.3 Å². The number of furan rings is 1. The molecule has 8 aromatic carbocycles. The fourth-order valence-corrected chi connectivity index (χ4v) is 8.33. The van der Waals surface area contributed by atoms with Crippen LogP contribution in [-0.4, -0.2) is 20.7 Å². The molecular formula is C56H37N5O. The summed E-state index contributed by atoms with van der Waals surface area (Å²) in [4.78, 5) is 15.1. The maximum atomic E-state index is 9.72. The minimum atomic E-state index is 0.416. The molecule has 2 N–H and O–H groups in total. The third-order valence-corrected chi connectivity index (χ3v) is 11.4. The van der Waals surface area contributed by atoms with Gasteiger partial charge >= 0.3 is 0 Å². The molecule has 292 valence electrons. The molecule has 3 heterocycles. The molecular weight excluding hydrogens is 759 g/mol. The Morgan fingerprint density at radius 1 is 0.419 bits per heavy atom. The summed E-state index contributed by atoms with van der Waals surface area (Å²) in [5.41, 5.74) is 14.5. The Morgan fingerprint density at radius 2 is 0.935 bits per heavy atom. The van der Waals surface area contributed by atoms with Crippen LogP contribution >= 0.6 is 0 Å². The van der Waals surface area contributed by atoms with Gasteiger partial charge in [-0.15, -0.1) is 0 Å². The molecule has 0 aliphatic carbocycles. The van der Waals surface area contributed by atoms with Gasteiger partial charge in [-0.2, -0.15) is 0 Å². The lowest BCUT2D eigenvalue weighted by molar-refractivity contribution is 0.669. The molecule has 0 fully saturated rings. The molecule has 2 aromatic heterocycles. The first-order valence-corrected chi connectivity index (χ1v) is 20.6. The highest BCUT2D eigenvalue weighted by atomic mass is 16.3. The smallest absolute Gasteiger partial charge is 0.164 e. The summed E-state index contributed by atoms with van der Waals surface area (Å²) in [7, 11) is 0. The number of benzene rings is 8. The number of aromatic nitrogens is 3. The molecule has 6 nitrogen and oxygen atoms in total. The number of rotatable bonds is 8. The van der Waals surface area contributed by atoms with Crippen LogP contribution in [0.5, 0.6) is 0 Å². The molecule has 0 amide bonds. The van der Waals surface area contributed by atoms with Crippen LogP contribution in [-0.2, 0) is 0 Å². The van der Waals surface area contributed by atoms with Crippen LogP contribution in [0.1, 0.15) is 27.8 Å². The quantitative estimate of drug-likeness (QED) is 0.150. The lowest BCUT2D eigenvalue weighted by Gasteiger charge is -2.26. The predicted octanol–water partition coefficient (Wildman–Crippen LogP) is 13.5. The zero-order chi connectivity index (χ0) is 41.4. The molecule has 11 rings (SSSR count). The van der Waals surface area contributed by atoms with Crippen LogP contribution in [0.15, 0.2) is 211 Å². The van der Waals surface area contributed by atoms with E-state index in [-0.39, 0.29) is 0 Å². The Kier molecular flexibility index (Phi) is 9.21. The van der Waals surface area contributed by atoms with Gasteiger partial charge in [0.1, 0.15) is 11.2 Å². The summed E-state index contributed by atoms with van der Waals surface area (Å²) in [5.74, 6) is 1.72. The fourth-order valence-electron chi connectivity index (χ4n) is 8.33. The molecule has 62 heavy (non-hydrogen) atoms. The second kappa shape index (κ2) is 15.6. The van der Waals surface area contributed by atoms with E-state index in [0.717, 1.165) is 94.5 Å². The zero-order valence-corrected chi connectivity index (χ0v) is 33.5. The molecule has 0 saturated carbocycles. The number of fused-ring (bicyclic) bond motifs is 4. The average Bonchev–Trinajstić information content (AvgIpc) is 3.74. The van der Waals surface area contributed by atoms with Gasteiger partial charge in [0.2, 0.25) is 0 Å². The SMILES string of the molecule is N=C(/C(=C1\NC(c2ccccc2)=Cc2ccccc21)c1ccc(-c2nc(-c3ccccc3)nc(-c3ccc(-c4cccc5oc6ccccc6c45)cc3)n2)cc1)c1ccccc1. The van der Waals surface area contributed by atoms with E-state index in [1.165, 1.54) is 0 Å². The number of hydrogen-bond acceptors (Lipinski definition) is 6. The van der Waals surface area contributed by atoms with Crippen molar-refractivity contribution in [2.45, 2.75) is 0 Å². The highest BCUT2D eigenvalue weighted by Gasteiger charge is 2.24. The van der Waals surface area contributed by atoms with Gasteiger partial charge in [0.05, 0.1) is 11.4 Å². The van der Waals surface area contributed by atoms with Crippen LogP contribution < -0.4 is 5.32 Å². The number of para-hydroxylation sites is 1. The van der Waals surface area contributed by atoms with Gasteiger partial charge in [0.15, 0.2) is 17.5 Å². The number of allylic oxidation sites excluding steroid dienone is 1. The van der Waals surface area contributed by atoms with E-state index >= 15 is 0 Å². The highest BCUT2D eigenvalue weighted by Crippen LogP contribution is 2.39. The van der Waals surface area contributed by atoms with Crippen LogP contribution in [0.2, 0.25) is 0 Å². The van der Waals surface area contributed by atoms with Crippen LogP contribution in [0.4, 0.5) is 0 Å². The Balaban J connectivity index is 1.01. The third-order valence-electron chi connectivity index (χ3n) is 11.4. The van der Waals surface area contributed by atoms with E-state index in [1.54, 1.807) is 0 Å². The zero-order valence-electron chi connectivity index (χ0n) is 33.5. The van der Waals surface area contributed by atoms with Gasteiger partial charge < -0.3 is 9.73 Å². The Bertz CT molecular complexity index is 3350. The second-order valence-electron chi connectivity index (χ2n) is 15.2. The molecule has 0 atom stereocenters. The number of nitrogens with zero attached hydrogens (tertiary/aromatic N) is 3. The second-order valence-corrected chi connectivity index (χ2v) is 15.2. The molecule has 1 aliphatic rings. The molecule has 0 saturated heterocycles. The van der Waals surface area contributed by atoms with Crippen LogP contribution in [0.25, 0.3) is 90.3 Å². The van der Waals surface area contributed by atoms with Crippen molar-refractivity contribution >= 4 is 50.7 Å². The minimum Gasteiger partial charge on any atom is -0.456 e. The van der Waals surface area contributed by atoms with E-state index in [4.69, 9.17) is 19.4 Å². The molecule has 0 unspecified atom stereocenters. The Hall–Kier alpha value is -8.48. The summed E-state index contributed by atoms with van der Waals surface area (Å²) < 4.78 is 6.19. The van der Waals surface area contributed by atoms with Crippen molar-refractivity contribution in [2.24, 2.45) is 0 Å². The number of nitrogens with one attached hydrogen (secondary N) is 2. The molecule has 6 heteroatoms. The lowest BCUT2D eigenvalue weighted by atomic mass is 9.87. The van der Waals surface area contributed by atoms with Gasteiger partial charge in [-0.05, 0) is 46.0 Å². The third kappa shape index (κ3) is 6.76. The minimum absolute atomic E-state index is 0.416. The van der Waals surface area contributed by atoms with Crippen molar-refractivity contribution < 1.29 is 4.42 Å². The summed E-state index contributed by atoms with van der Waals surface area (Å²) in [5, 5.41) is 15.7. The molecule has 1 aliphatic heterocycles. The van der Waals surface area contributed by atoms with E-state index in [9.17, 15) is 5.41 Å². The van der Waals surface area contributed by atoms with Crippen molar-refractivity contribution in [3.05, 3.63) is 234 Å². The van der Waals surface area contributed by atoms with Gasteiger partial charge in [-0.1, -0.05) is 194 Å². The fraction of sp³-hybridized carbons (Fsp3) is 0. The first-order chi connectivity index (χ1) is 30.6. The van der Waals surface area contributed by atoms with Crippen molar-refractivity contribution in [3.8, 4) is 45.3 Å². The van der Waals surface area contributed by atoms with Crippen LogP contribution in [0, 0.1) is 5.41 Å². The summed E-state index contributed by atoms with van der Waals surface area (Å²) in [6.45, 7) is 0. The van der Waals surface area contributed by atoms with E-state index in [1.807, 2.05) is 127 Å². The Morgan fingerprint density at radius 3 is 1.63 bits per heavy atom. The molecule has 0 radical (unpaired) electrons. The maximum Gasteiger partial charge on any atom is 0.164 e. The summed E-state index contributed by atoms with van der Waals surface area (Å²) in [6, 6.07) is 69.6. The standard InChI is InChI=1S/C56H37N5O/c57-52(39-17-6-2-7-18-39)50(53-45-22-11-10-21-43(45)35-47(58-53)37-15-4-1-5-16-37)38-29-33-42(34-30-38)56-60-54(40-19-8-3-9-20-40)59-55(61-56)41-31-27-36(28-32-41)44-24-14-26-49-51(44)46-23-12-13-25-48(46)62-49/h1-35,57-58H/b53-50-,57-52?. The van der Waals surface area contributed by atoms with Gasteiger partial charge in [-0.25, -0.2) is 15.0 Å². The van der Waals surface area contributed by atoms with Crippen molar-refractivity contribution in [3.63, 3.8) is 0 Å². The highest BCUT2D eigenvalue weighted by molar-refractivity contribution is 6.36. The molecule has 0 bridgehead atoms. The topological polar surface area (TPSA) is 87.7 Å². The first kappa shape index (κ1) is 36.6. The Labute approximate surface area is 358 Å². The lowest BCUT2D eigenvalue weighted by Crippen LogP contribution is -2.20. The predicted molar refractivity (Wildman–Crippen MR) is 253 cm³/mol. The van der Waals surface area contributed by atoms with Crippen molar-refractivity contribution in [1.29, 1.82) is 5.41 Å². The van der Waals surface area contributed by atoms with Gasteiger partial charge in [0.25, 0.3) is 0 Å². The van der Waals surface area contributed by atoms with E-state index < -0.39 is 0 Å². The van der Waals surface area contributed by atoms with E-state index in [2.05, 4.69) is 90.3 Å². The summed E-state index contributed by atoms with van der Waals surface area (Å²) >= 11 is 0. The van der Waals surface area contributed by atoms with Crippen molar-refractivity contribution in [2.75, 3.05) is 0 Å². The molecule has 10 aromatic rings. The maximum absolute atomic E-state index is 9.72. The van der Waals surface area contributed by atoms with E-state index in [0.29, 0.717) is 23.2 Å². The normalized spacial score (nSPS) is 13.0. The first-order valence-electron chi connectivity index (χ1n) is 20.6. The van der Waals surface area contributed by atoms with Gasteiger partial charge in [0, 0.05) is 49.9 Å². The van der Waals surface area contributed by atoms with Crippen LogP contribution in [0.3, 0.4) is 0 Å². The molecule has 0 spiro atoms. The van der Waals surface area contributed by atoms with Gasteiger partial charge in [-0.3, -0.25) is 5.41 Å².